The predicted molar refractivity (Wildman–Crippen MR) is 104 cm³/mol. The lowest BCUT2D eigenvalue weighted by molar-refractivity contribution is -0.0921. The van der Waals surface area contributed by atoms with Crippen LogP contribution in [0.5, 0.6) is 0 Å². The van der Waals surface area contributed by atoms with Crippen molar-refractivity contribution in [2.75, 3.05) is 24.3 Å². The first-order valence-electron chi connectivity index (χ1n) is 8.78. The molecule has 0 saturated carbocycles. The molecule has 0 bridgehead atoms. The molecule has 0 heterocycles. The second-order valence-corrected chi connectivity index (χ2v) is 6.09. The SMILES string of the molecule is CCNc1ccc(F)cc1C/C(=C/c1cc(F)ccc1N/C=C\OC)C(F)(F)F. The fourth-order valence-corrected chi connectivity index (χ4v) is 2.67. The number of rotatable bonds is 8. The van der Waals surface area contributed by atoms with Crippen LogP contribution in [-0.2, 0) is 11.2 Å². The van der Waals surface area contributed by atoms with E-state index >= 15 is 0 Å². The third-order valence-corrected chi connectivity index (χ3v) is 3.97. The molecule has 2 N–H and O–H groups in total. The Labute approximate surface area is 165 Å². The number of alkyl halides is 3. The molecule has 29 heavy (non-hydrogen) atoms. The van der Waals surface area contributed by atoms with Gasteiger partial charge in [0.25, 0.3) is 0 Å². The summed E-state index contributed by atoms with van der Waals surface area (Å²) in [6.45, 7) is 2.25. The molecule has 0 unspecified atom stereocenters. The summed E-state index contributed by atoms with van der Waals surface area (Å²) in [5.41, 5.74) is -0.121. The van der Waals surface area contributed by atoms with Gasteiger partial charge >= 0.3 is 6.18 Å². The maximum Gasteiger partial charge on any atom is 0.413 e. The van der Waals surface area contributed by atoms with Gasteiger partial charge in [-0.3, -0.25) is 0 Å². The average Bonchev–Trinajstić information content (AvgIpc) is 2.64. The second kappa shape index (κ2) is 9.95. The normalized spacial score (nSPS) is 12.3. The molecular weight excluding hydrogens is 391 g/mol. The van der Waals surface area contributed by atoms with Crippen LogP contribution in [-0.4, -0.2) is 19.8 Å². The summed E-state index contributed by atoms with van der Waals surface area (Å²) in [5.74, 6) is -1.32. The highest BCUT2D eigenvalue weighted by Crippen LogP contribution is 2.34. The van der Waals surface area contributed by atoms with Crippen LogP contribution in [0.1, 0.15) is 18.1 Å². The molecule has 0 radical (unpaired) electrons. The summed E-state index contributed by atoms with van der Waals surface area (Å²) in [7, 11) is 1.41. The van der Waals surface area contributed by atoms with Crippen LogP contribution in [0.3, 0.4) is 0 Å². The number of ether oxygens (including phenoxy) is 1. The molecule has 0 aliphatic carbocycles. The van der Waals surface area contributed by atoms with Crippen molar-refractivity contribution in [2.45, 2.75) is 19.5 Å². The maximum absolute atomic E-state index is 13.7. The number of hydrogen-bond donors (Lipinski definition) is 2. The highest BCUT2D eigenvalue weighted by Gasteiger charge is 2.34. The molecular formula is C21H21F5N2O. The van der Waals surface area contributed by atoms with Gasteiger partial charge in [0.05, 0.1) is 13.4 Å². The highest BCUT2D eigenvalue weighted by molar-refractivity contribution is 5.70. The summed E-state index contributed by atoms with van der Waals surface area (Å²) in [4.78, 5) is 0. The summed E-state index contributed by atoms with van der Waals surface area (Å²) in [6, 6.07) is 7.07. The number of hydrogen-bond acceptors (Lipinski definition) is 3. The number of methoxy groups -OCH3 is 1. The fourth-order valence-electron chi connectivity index (χ4n) is 2.67. The van der Waals surface area contributed by atoms with Gasteiger partial charge in [-0.05, 0) is 55.0 Å². The molecule has 0 saturated heterocycles. The third kappa shape index (κ3) is 6.51. The Morgan fingerprint density at radius 3 is 2.31 bits per heavy atom. The van der Waals surface area contributed by atoms with E-state index in [4.69, 9.17) is 4.74 Å². The van der Waals surface area contributed by atoms with Gasteiger partial charge in [0.2, 0.25) is 0 Å². The molecule has 0 amide bonds. The third-order valence-electron chi connectivity index (χ3n) is 3.97. The summed E-state index contributed by atoms with van der Waals surface area (Å²) < 4.78 is 73.2. The quantitative estimate of drug-likeness (QED) is 0.405. The molecule has 2 aromatic rings. The van der Waals surface area contributed by atoms with Crippen molar-refractivity contribution in [3.63, 3.8) is 0 Å². The minimum atomic E-state index is -4.69. The largest absolute Gasteiger partial charge is 0.503 e. The van der Waals surface area contributed by atoms with Crippen LogP contribution in [0, 0.1) is 11.6 Å². The van der Waals surface area contributed by atoms with E-state index in [0.29, 0.717) is 12.2 Å². The van der Waals surface area contributed by atoms with Gasteiger partial charge in [0.1, 0.15) is 11.6 Å². The zero-order valence-corrected chi connectivity index (χ0v) is 15.9. The van der Waals surface area contributed by atoms with Gasteiger partial charge in [-0.2, -0.15) is 13.2 Å². The minimum absolute atomic E-state index is 0.000480. The first-order chi connectivity index (χ1) is 13.7. The molecule has 0 aromatic heterocycles. The first-order valence-corrected chi connectivity index (χ1v) is 8.78. The van der Waals surface area contributed by atoms with Crippen LogP contribution >= 0.6 is 0 Å². The zero-order valence-electron chi connectivity index (χ0n) is 15.9. The summed E-state index contributed by atoms with van der Waals surface area (Å²) in [5, 5.41) is 5.67. The standard InChI is InChI=1S/C21H21F5N2O/c1-3-27-19-6-4-17(22)12-14(19)10-16(21(24,25)26)11-15-13-18(23)5-7-20(15)28-8-9-29-2/h4-9,11-13,27-28H,3,10H2,1-2H3/b9-8-,16-11-. The van der Waals surface area contributed by atoms with E-state index in [1.54, 1.807) is 6.92 Å². The number of nitrogens with one attached hydrogen (secondary N) is 2. The van der Waals surface area contributed by atoms with E-state index in [-0.39, 0.29) is 16.8 Å². The number of benzene rings is 2. The van der Waals surface area contributed by atoms with Crippen molar-refractivity contribution in [3.05, 3.63) is 77.2 Å². The van der Waals surface area contributed by atoms with Crippen molar-refractivity contribution in [1.82, 2.24) is 0 Å². The Kier molecular flexibility index (Phi) is 7.64. The number of halogens is 5. The first kappa shape index (κ1) is 22.3. The zero-order chi connectivity index (χ0) is 21.4. The van der Waals surface area contributed by atoms with Crippen molar-refractivity contribution in [1.29, 1.82) is 0 Å². The van der Waals surface area contributed by atoms with Gasteiger partial charge < -0.3 is 15.4 Å². The Bertz CT molecular complexity index is 891. The van der Waals surface area contributed by atoms with Crippen molar-refractivity contribution in [3.8, 4) is 0 Å². The maximum atomic E-state index is 13.7. The van der Waals surface area contributed by atoms with E-state index in [9.17, 15) is 22.0 Å². The van der Waals surface area contributed by atoms with Crippen LogP contribution in [0.25, 0.3) is 6.08 Å². The second-order valence-electron chi connectivity index (χ2n) is 6.09. The van der Waals surface area contributed by atoms with Gasteiger partial charge in [-0.1, -0.05) is 0 Å². The van der Waals surface area contributed by atoms with Crippen molar-refractivity contribution in [2.24, 2.45) is 0 Å². The van der Waals surface area contributed by atoms with E-state index < -0.39 is 29.8 Å². The molecule has 0 aliphatic rings. The Morgan fingerprint density at radius 2 is 1.69 bits per heavy atom. The molecule has 0 atom stereocenters. The predicted octanol–water partition coefficient (Wildman–Crippen LogP) is 6.11. The Hall–Kier alpha value is -3.03. The monoisotopic (exact) mass is 412 g/mol. The molecule has 0 spiro atoms. The summed E-state index contributed by atoms with van der Waals surface area (Å²) >= 11 is 0. The summed E-state index contributed by atoms with van der Waals surface area (Å²) in [6.07, 6.45) is -1.76. The van der Waals surface area contributed by atoms with Gasteiger partial charge in [0.15, 0.2) is 0 Å². The van der Waals surface area contributed by atoms with Gasteiger partial charge in [-0.25, -0.2) is 8.78 Å². The Morgan fingerprint density at radius 1 is 1.03 bits per heavy atom. The molecule has 0 aliphatic heterocycles. The van der Waals surface area contributed by atoms with E-state index in [2.05, 4.69) is 10.6 Å². The number of anilines is 2. The highest BCUT2D eigenvalue weighted by atomic mass is 19.4. The van der Waals surface area contributed by atoms with Gasteiger partial charge in [0, 0.05) is 41.7 Å². The minimum Gasteiger partial charge on any atom is -0.503 e. The molecule has 0 fully saturated rings. The molecule has 8 heteroatoms. The molecule has 2 rings (SSSR count). The lowest BCUT2D eigenvalue weighted by atomic mass is 9.99. The van der Waals surface area contributed by atoms with E-state index in [1.165, 1.54) is 37.8 Å². The smallest absolute Gasteiger partial charge is 0.413 e. The lowest BCUT2D eigenvalue weighted by Crippen LogP contribution is -2.15. The van der Waals surface area contributed by atoms with Crippen molar-refractivity contribution < 1.29 is 26.7 Å². The van der Waals surface area contributed by atoms with Gasteiger partial charge in [-0.15, -0.1) is 0 Å². The van der Waals surface area contributed by atoms with Crippen LogP contribution in [0.4, 0.5) is 33.3 Å². The Balaban J connectivity index is 2.50. The molecule has 2 aromatic carbocycles. The fraction of sp³-hybridized carbons (Fsp3) is 0.238. The average molecular weight is 412 g/mol. The van der Waals surface area contributed by atoms with Crippen LogP contribution < -0.4 is 10.6 Å². The van der Waals surface area contributed by atoms with Crippen LogP contribution in [0.2, 0.25) is 0 Å². The van der Waals surface area contributed by atoms with Crippen molar-refractivity contribution >= 4 is 17.5 Å². The van der Waals surface area contributed by atoms with E-state index in [1.807, 2.05) is 0 Å². The van der Waals surface area contributed by atoms with Crippen LogP contribution in [0.15, 0.2) is 54.4 Å². The molecule has 3 nitrogen and oxygen atoms in total. The lowest BCUT2D eigenvalue weighted by Gasteiger charge is -2.16. The topological polar surface area (TPSA) is 33.3 Å². The van der Waals surface area contributed by atoms with E-state index in [0.717, 1.165) is 24.3 Å². The molecule has 156 valence electrons. The number of allylic oxidation sites excluding steroid dienone is 1.